The van der Waals surface area contributed by atoms with Crippen molar-refractivity contribution >= 4 is 11.3 Å². The molecule has 1 aromatic heterocycles. The third-order valence-electron chi connectivity index (χ3n) is 3.63. The molecule has 0 unspecified atom stereocenters. The van der Waals surface area contributed by atoms with E-state index in [2.05, 4.69) is 31.0 Å². The van der Waals surface area contributed by atoms with E-state index in [-0.39, 0.29) is 5.41 Å². The third-order valence-corrected chi connectivity index (χ3v) is 4.75. The van der Waals surface area contributed by atoms with Gasteiger partial charge in [0.2, 0.25) is 0 Å². The normalized spacial score (nSPS) is 17.3. The van der Waals surface area contributed by atoms with Gasteiger partial charge >= 0.3 is 0 Å². The molecule has 0 radical (unpaired) electrons. The monoisotopic (exact) mass is 281 g/mol. The standard InChI is InChI=1S/C15H27N3S/c1-15(2,3)14-12(11-16-4)19-13(17-14)7-10-18-8-5-6-9-18/h16H,5-11H2,1-4H3. The zero-order valence-corrected chi connectivity index (χ0v) is 13.6. The molecule has 0 atom stereocenters. The van der Waals surface area contributed by atoms with Crippen molar-refractivity contribution in [3.63, 3.8) is 0 Å². The molecule has 3 nitrogen and oxygen atoms in total. The van der Waals surface area contributed by atoms with Crippen LogP contribution in [0.1, 0.15) is 49.2 Å². The highest BCUT2D eigenvalue weighted by Gasteiger charge is 2.23. The molecule has 0 aromatic carbocycles. The maximum atomic E-state index is 4.91. The van der Waals surface area contributed by atoms with Crippen molar-refractivity contribution in [1.29, 1.82) is 0 Å². The Kier molecular flexibility index (Phi) is 4.98. The molecule has 1 saturated heterocycles. The molecule has 0 amide bonds. The summed E-state index contributed by atoms with van der Waals surface area (Å²) < 4.78 is 0. The molecule has 1 N–H and O–H groups in total. The number of nitrogens with one attached hydrogen (secondary N) is 1. The lowest BCUT2D eigenvalue weighted by molar-refractivity contribution is 0.343. The van der Waals surface area contributed by atoms with Gasteiger partial charge in [-0.2, -0.15) is 0 Å². The Morgan fingerprint density at radius 2 is 1.95 bits per heavy atom. The Hall–Kier alpha value is -0.450. The lowest BCUT2D eigenvalue weighted by Gasteiger charge is -2.17. The van der Waals surface area contributed by atoms with Gasteiger partial charge in [0, 0.05) is 29.8 Å². The van der Waals surface area contributed by atoms with Crippen molar-refractivity contribution in [2.75, 3.05) is 26.7 Å². The van der Waals surface area contributed by atoms with Crippen LogP contribution in [0.4, 0.5) is 0 Å². The molecular weight excluding hydrogens is 254 g/mol. The van der Waals surface area contributed by atoms with E-state index in [0.717, 1.165) is 13.0 Å². The van der Waals surface area contributed by atoms with Crippen molar-refractivity contribution in [2.24, 2.45) is 0 Å². The molecule has 4 heteroatoms. The summed E-state index contributed by atoms with van der Waals surface area (Å²) in [5, 5.41) is 4.57. The smallest absolute Gasteiger partial charge is 0.0944 e. The number of aromatic nitrogens is 1. The largest absolute Gasteiger partial charge is 0.315 e. The van der Waals surface area contributed by atoms with Crippen molar-refractivity contribution in [1.82, 2.24) is 15.2 Å². The fraction of sp³-hybridized carbons (Fsp3) is 0.800. The van der Waals surface area contributed by atoms with Crippen molar-refractivity contribution in [2.45, 2.75) is 52.0 Å². The SMILES string of the molecule is CNCc1sc(CCN2CCCC2)nc1C(C)(C)C. The van der Waals surface area contributed by atoms with Gasteiger partial charge in [0.15, 0.2) is 0 Å². The van der Waals surface area contributed by atoms with E-state index in [1.54, 1.807) is 0 Å². The zero-order chi connectivity index (χ0) is 13.9. The predicted molar refractivity (Wildman–Crippen MR) is 83.0 cm³/mol. The van der Waals surface area contributed by atoms with Crippen molar-refractivity contribution in [3.8, 4) is 0 Å². The Morgan fingerprint density at radius 3 is 2.53 bits per heavy atom. The van der Waals surface area contributed by atoms with Gasteiger partial charge in [0.25, 0.3) is 0 Å². The van der Waals surface area contributed by atoms with Gasteiger partial charge in [-0.05, 0) is 33.0 Å². The summed E-state index contributed by atoms with van der Waals surface area (Å²) in [5.41, 5.74) is 1.43. The third kappa shape index (κ3) is 4.01. The van der Waals surface area contributed by atoms with Gasteiger partial charge in [-0.1, -0.05) is 20.8 Å². The molecule has 19 heavy (non-hydrogen) atoms. The minimum absolute atomic E-state index is 0.147. The van der Waals surface area contributed by atoms with E-state index >= 15 is 0 Å². The first-order valence-corrected chi connectivity index (χ1v) is 8.18. The minimum atomic E-state index is 0.147. The lowest BCUT2D eigenvalue weighted by Crippen LogP contribution is -2.22. The Balaban J connectivity index is 2.04. The summed E-state index contributed by atoms with van der Waals surface area (Å²) in [7, 11) is 2.01. The maximum absolute atomic E-state index is 4.91. The second-order valence-corrected chi connectivity index (χ2v) is 7.63. The summed E-state index contributed by atoms with van der Waals surface area (Å²) in [4.78, 5) is 8.89. The quantitative estimate of drug-likeness (QED) is 0.899. The molecule has 2 rings (SSSR count). The molecule has 1 fully saturated rings. The first kappa shape index (κ1) is 14.9. The lowest BCUT2D eigenvalue weighted by atomic mass is 9.91. The van der Waals surface area contributed by atoms with Crippen molar-refractivity contribution in [3.05, 3.63) is 15.6 Å². The average molecular weight is 281 g/mol. The molecule has 0 aliphatic carbocycles. The molecule has 1 aliphatic rings. The first-order chi connectivity index (χ1) is 9.00. The summed E-state index contributed by atoms with van der Waals surface area (Å²) in [5.74, 6) is 0. The summed E-state index contributed by atoms with van der Waals surface area (Å²) in [6.45, 7) is 11.4. The highest BCUT2D eigenvalue weighted by atomic mass is 32.1. The van der Waals surface area contributed by atoms with Gasteiger partial charge in [0.05, 0.1) is 10.7 Å². The minimum Gasteiger partial charge on any atom is -0.315 e. The van der Waals surface area contributed by atoms with Crippen LogP contribution in [-0.4, -0.2) is 36.6 Å². The van der Waals surface area contributed by atoms with Crippen LogP contribution in [-0.2, 0) is 18.4 Å². The van der Waals surface area contributed by atoms with E-state index < -0.39 is 0 Å². The number of rotatable bonds is 5. The maximum Gasteiger partial charge on any atom is 0.0944 e. The van der Waals surface area contributed by atoms with E-state index in [9.17, 15) is 0 Å². The summed E-state index contributed by atoms with van der Waals surface area (Å²) in [6, 6.07) is 0. The predicted octanol–water partition coefficient (Wildman–Crippen LogP) is 2.80. The van der Waals surface area contributed by atoms with E-state index in [1.165, 1.54) is 48.1 Å². The second-order valence-electron chi connectivity index (χ2n) is 6.46. The van der Waals surface area contributed by atoms with Crippen LogP contribution in [0.25, 0.3) is 0 Å². The molecule has 1 aliphatic heterocycles. The molecule has 1 aromatic rings. The Morgan fingerprint density at radius 1 is 1.26 bits per heavy atom. The fourth-order valence-electron chi connectivity index (χ4n) is 2.63. The van der Waals surface area contributed by atoms with Crippen LogP contribution < -0.4 is 5.32 Å². The Labute approximate surface area is 121 Å². The number of likely N-dealkylation sites (tertiary alicyclic amines) is 1. The molecule has 2 heterocycles. The van der Waals surface area contributed by atoms with Crippen LogP contribution in [0, 0.1) is 0 Å². The Bertz CT molecular complexity index is 400. The van der Waals surface area contributed by atoms with Crippen molar-refractivity contribution < 1.29 is 0 Å². The first-order valence-electron chi connectivity index (χ1n) is 7.36. The molecule has 0 saturated carbocycles. The number of hydrogen-bond acceptors (Lipinski definition) is 4. The van der Waals surface area contributed by atoms with Crippen LogP contribution in [0.5, 0.6) is 0 Å². The number of hydrogen-bond donors (Lipinski definition) is 1. The van der Waals surface area contributed by atoms with E-state index in [0.29, 0.717) is 0 Å². The second kappa shape index (κ2) is 6.33. The molecule has 0 bridgehead atoms. The van der Waals surface area contributed by atoms with Gasteiger partial charge in [-0.15, -0.1) is 11.3 Å². The molecule has 108 valence electrons. The van der Waals surface area contributed by atoms with E-state index in [4.69, 9.17) is 4.98 Å². The van der Waals surface area contributed by atoms with Crippen LogP contribution >= 0.6 is 11.3 Å². The number of nitrogens with zero attached hydrogens (tertiary/aromatic N) is 2. The molecule has 0 spiro atoms. The van der Waals surface area contributed by atoms with Crippen LogP contribution in [0.15, 0.2) is 0 Å². The topological polar surface area (TPSA) is 28.2 Å². The van der Waals surface area contributed by atoms with Gasteiger partial charge in [0.1, 0.15) is 0 Å². The number of thiazole rings is 1. The van der Waals surface area contributed by atoms with Crippen LogP contribution in [0.3, 0.4) is 0 Å². The average Bonchev–Trinajstić information content (AvgIpc) is 2.94. The molecular formula is C15H27N3S. The summed E-state index contributed by atoms with van der Waals surface area (Å²) in [6.07, 6.45) is 3.85. The van der Waals surface area contributed by atoms with Gasteiger partial charge < -0.3 is 10.2 Å². The van der Waals surface area contributed by atoms with Gasteiger partial charge in [-0.3, -0.25) is 0 Å². The fourth-order valence-corrected chi connectivity index (χ4v) is 3.91. The highest BCUT2D eigenvalue weighted by Crippen LogP contribution is 2.30. The summed E-state index contributed by atoms with van der Waals surface area (Å²) >= 11 is 1.89. The van der Waals surface area contributed by atoms with E-state index in [1.807, 2.05) is 18.4 Å². The zero-order valence-electron chi connectivity index (χ0n) is 12.8. The van der Waals surface area contributed by atoms with Gasteiger partial charge in [-0.25, -0.2) is 4.98 Å². The van der Waals surface area contributed by atoms with Crippen LogP contribution in [0.2, 0.25) is 0 Å². The highest BCUT2D eigenvalue weighted by molar-refractivity contribution is 7.11.